The Morgan fingerprint density at radius 3 is 3.00 bits per heavy atom. The average Bonchev–Trinajstić information content (AvgIpc) is 3.22. The van der Waals surface area contributed by atoms with Gasteiger partial charge in [0.1, 0.15) is 0 Å². The molecule has 0 aliphatic carbocycles. The Hall–Kier alpha value is -1.36. The molecule has 0 spiro atoms. The van der Waals surface area contributed by atoms with Gasteiger partial charge in [0.25, 0.3) is 0 Å². The van der Waals surface area contributed by atoms with E-state index in [-0.39, 0.29) is 0 Å². The summed E-state index contributed by atoms with van der Waals surface area (Å²) in [5.74, 6) is 0.763. The molecule has 4 atom stereocenters. The van der Waals surface area contributed by atoms with Gasteiger partial charge in [-0.2, -0.15) is 0 Å². The zero-order valence-electron chi connectivity index (χ0n) is 14.9. The molecule has 2 aliphatic rings. The fourth-order valence-corrected chi connectivity index (χ4v) is 4.61. The van der Waals surface area contributed by atoms with Crippen molar-refractivity contribution in [1.29, 1.82) is 0 Å². The second kappa shape index (κ2) is 6.87. The van der Waals surface area contributed by atoms with E-state index in [1.807, 2.05) is 0 Å². The minimum Gasteiger partial charge on any atom is -0.361 e. The minimum absolute atomic E-state index is 0.638. The Balaban J connectivity index is 1.37. The van der Waals surface area contributed by atoms with E-state index >= 15 is 0 Å². The van der Waals surface area contributed by atoms with E-state index in [2.05, 4.69) is 65.0 Å². The van der Waals surface area contributed by atoms with Crippen molar-refractivity contribution in [2.24, 2.45) is 5.92 Å². The van der Waals surface area contributed by atoms with Crippen molar-refractivity contribution in [2.45, 2.75) is 57.7 Å². The van der Waals surface area contributed by atoms with Crippen LogP contribution in [0.15, 0.2) is 30.5 Å². The van der Waals surface area contributed by atoms with Crippen LogP contribution in [0.4, 0.5) is 0 Å². The first kappa shape index (κ1) is 16.1. The number of aryl methyl sites for hydroxylation is 1. The highest BCUT2D eigenvalue weighted by molar-refractivity contribution is 5.82. The summed E-state index contributed by atoms with van der Waals surface area (Å²) in [5.41, 5.74) is 9.73. The number of aromatic amines is 1. The van der Waals surface area contributed by atoms with Crippen LogP contribution >= 0.6 is 0 Å². The van der Waals surface area contributed by atoms with E-state index in [4.69, 9.17) is 0 Å². The highest BCUT2D eigenvalue weighted by atomic mass is 15.4. The van der Waals surface area contributed by atoms with Crippen molar-refractivity contribution in [3.05, 3.63) is 36.0 Å². The van der Waals surface area contributed by atoms with Crippen LogP contribution in [0.1, 0.15) is 38.7 Å². The van der Waals surface area contributed by atoms with Gasteiger partial charge in [-0.3, -0.25) is 10.9 Å². The molecular formula is C20H30N4. The molecule has 2 aliphatic heterocycles. The molecule has 2 fully saturated rings. The number of fused-ring (bicyclic) bond motifs is 2. The molecule has 2 aromatic rings. The molecule has 4 rings (SSSR count). The van der Waals surface area contributed by atoms with Gasteiger partial charge in [-0.15, -0.1) is 0 Å². The highest BCUT2D eigenvalue weighted by Crippen LogP contribution is 2.28. The normalized spacial score (nSPS) is 29.0. The maximum Gasteiger partial charge on any atom is 0.0456 e. The molecular weight excluding hydrogens is 296 g/mol. The first-order chi connectivity index (χ1) is 11.8. The van der Waals surface area contributed by atoms with Crippen LogP contribution in [0.2, 0.25) is 0 Å². The van der Waals surface area contributed by atoms with Gasteiger partial charge >= 0.3 is 0 Å². The molecule has 130 valence electrons. The summed E-state index contributed by atoms with van der Waals surface area (Å²) in [5, 5.41) is 1.39. The maximum atomic E-state index is 3.51. The van der Waals surface area contributed by atoms with E-state index in [0.29, 0.717) is 18.1 Å². The van der Waals surface area contributed by atoms with Crippen LogP contribution in [0.5, 0.6) is 0 Å². The van der Waals surface area contributed by atoms with Crippen molar-refractivity contribution in [3.8, 4) is 0 Å². The molecule has 4 nitrogen and oxygen atoms in total. The van der Waals surface area contributed by atoms with Crippen LogP contribution in [0, 0.1) is 5.92 Å². The number of nitrogens with zero attached hydrogens (tertiary/aromatic N) is 1. The number of hydrazine groups is 1. The fourth-order valence-electron chi connectivity index (χ4n) is 4.61. The third-order valence-electron chi connectivity index (χ3n) is 6.23. The molecule has 1 aromatic carbocycles. The van der Waals surface area contributed by atoms with Crippen molar-refractivity contribution >= 4 is 10.9 Å². The topological polar surface area (TPSA) is 43.1 Å². The predicted molar refractivity (Wildman–Crippen MR) is 99.9 cm³/mol. The molecule has 0 bridgehead atoms. The maximum absolute atomic E-state index is 3.51. The smallest absolute Gasteiger partial charge is 0.0456 e. The number of benzene rings is 1. The molecule has 0 saturated carbocycles. The van der Waals surface area contributed by atoms with Gasteiger partial charge in [-0.1, -0.05) is 25.1 Å². The van der Waals surface area contributed by atoms with Crippen molar-refractivity contribution in [2.75, 3.05) is 13.1 Å². The summed E-state index contributed by atoms with van der Waals surface area (Å²) in [6.07, 6.45) is 7.07. The first-order valence-corrected chi connectivity index (χ1v) is 9.56. The summed E-state index contributed by atoms with van der Waals surface area (Å²) >= 11 is 0. The van der Waals surface area contributed by atoms with Crippen LogP contribution < -0.4 is 10.9 Å². The molecule has 4 heteroatoms. The number of nitrogens with one attached hydrogen (secondary N) is 3. The largest absolute Gasteiger partial charge is 0.361 e. The summed E-state index contributed by atoms with van der Waals surface area (Å²) in [6, 6.07) is 10.6. The van der Waals surface area contributed by atoms with Gasteiger partial charge in [0, 0.05) is 47.7 Å². The van der Waals surface area contributed by atoms with Gasteiger partial charge in [0.05, 0.1) is 0 Å². The first-order valence-electron chi connectivity index (χ1n) is 9.56. The molecule has 3 N–H and O–H groups in total. The van der Waals surface area contributed by atoms with Crippen LogP contribution in [0.3, 0.4) is 0 Å². The highest BCUT2D eigenvalue weighted by Gasteiger charge is 2.39. The van der Waals surface area contributed by atoms with Gasteiger partial charge in [0.15, 0.2) is 0 Å². The van der Waals surface area contributed by atoms with E-state index in [9.17, 15) is 0 Å². The third-order valence-corrected chi connectivity index (χ3v) is 6.23. The lowest BCUT2D eigenvalue weighted by Crippen LogP contribution is -2.49. The number of likely N-dealkylation sites (tertiary alicyclic amines) is 1. The van der Waals surface area contributed by atoms with Gasteiger partial charge < -0.3 is 9.88 Å². The fraction of sp³-hybridized carbons (Fsp3) is 0.600. The number of para-hydroxylation sites is 1. The Labute approximate surface area is 145 Å². The van der Waals surface area contributed by atoms with Gasteiger partial charge in [-0.25, -0.2) is 0 Å². The van der Waals surface area contributed by atoms with E-state index in [0.717, 1.165) is 12.3 Å². The van der Waals surface area contributed by atoms with Crippen LogP contribution in [-0.2, 0) is 6.42 Å². The Morgan fingerprint density at radius 1 is 1.25 bits per heavy atom. The van der Waals surface area contributed by atoms with Crippen molar-refractivity contribution in [1.82, 2.24) is 20.7 Å². The lowest BCUT2D eigenvalue weighted by molar-refractivity contribution is 0.111. The number of hydrogen-bond acceptors (Lipinski definition) is 3. The lowest BCUT2D eigenvalue weighted by Gasteiger charge is -2.39. The lowest BCUT2D eigenvalue weighted by atomic mass is 9.86. The molecule has 3 heterocycles. The zero-order valence-corrected chi connectivity index (χ0v) is 14.9. The van der Waals surface area contributed by atoms with Crippen LogP contribution in [-0.4, -0.2) is 41.1 Å². The average molecular weight is 326 g/mol. The minimum atomic E-state index is 0.638. The summed E-state index contributed by atoms with van der Waals surface area (Å²) in [6.45, 7) is 7.16. The summed E-state index contributed by atoms with van der Waals surface area (Å²) in [7, 11) is 0. The SMILES string of the molecule is CCC1NNC2CCN(C(C)CCc3c[nH]c4ccccc34)CC12. The number of aromatic nitrogens is 1. The standard InChI is InChI=1S/C20H30N4/c1-3-18-17-13-24(11-10-20(17)23-22-18)14(2)8-9-15-12-21-19-7-5-4-6-16(15)19/h4-7,12,14,17-18,20-23H,3,8-11,13H2,1-2H3. The van der Waals surface area contributed by atoms with Gasteiger partial charge in [0.2, 0.25) is 0 Å². The summed E-state index contributed by atoms with van der Waals surface area (Å²) < 4.78 is 0. The van der Waals surface area contributed by atoms with E-state index < -0.39 is 0 Å². The number of H-pyrrole nitrogens is 1. The van der Waals surface area contributed by atoms with E-state index in [1.165, 1.54) is 48.8 Å². The second-order valence-electron chi connectivity index (χ2n) is 7.60. The van der Waals surface area contributed by atoms with Crippen molar-refractivity contribution in [3.63, 3.8) is 0 Å². The Kier molecular flexibility index (Phi) is 4.61. The molecule has 2 saturated heterocycles. The molecule has 1 aromatic heterocycles. The van der Waals surface area contributed by atoms with Crippen LogP contribution in [0.25, 0.3) is 10.9 Å². The third kappa shape index (κ3) is 2.99. The Bertz CT molecular complexity index is 673. The second-order valence-corrected chi connectivity index (χ2v) is 7.60. The van der Waals surface area contributed by atoms with Gasteiger partial charge in [-0.05, 0) is 50.8 Å². The van der Waals surface area contributed by atoms with E-state index in [1.54, 1.807) is 0 Å². The molecule has 0 amide bonds. The molecule has 4 unspecified atom stereocenters. The summed E-state index contributed by atoms with van der Waals surface area (Å²) in [4.78, 5) is 6.12. The number of hydrogen-bond donors (Lipinski definition) is 3. The molecule has 24 heavy (non-hydrogen) atoms. The predicted octanol–water partition coefficient (Wildman–Crippen LogP) is 3.07. The molecule has 0 radical (unpaired) electrons. The zero-order chi connectivity index (χ0) is 16.5. The monoisotopic (exact) mass is 326 g/mol. The number of rotatable bonds is 5. The van der Waals surface area contributed by atoms with Crippen molar-refractivity contribution < 1.29 is 0 Å². The quantitative estimate of drug-likeness (QED) is 0.791. The Morgan fingerprint density at radius 2 is 2.12 bits per heavy atom. The number of piperidine rings is 1.